The van der Waals surface area contributed by atoms with Gasteiger partial charge in [0.25, 0.3) is 0 Å². The van der Waals surface area contributed by atoms with E-state index < -0.39 is 17.2 Å². The maximum absolute atomic E-state index is 12.6. The molecule has 0 spiro atoms. The van der Waals surface area contributed by atoms with E-state index in [0.29, 0.717) is 0 Å². The van der Waals surface area contributed by atoms with Gasteiger partial charge in [0.15, 0.2) is 0 Å². The van der Waals surface area contributed by atoms with Crippen molar-refractivity contribution in [3.63, 3.8) is 0 Å². The molecule has 0 aliphatic carbocycles. The van der Waals surface area contributed by atoms with E-state index in [4.69, 9.17) is 14.9 Å². The molecule has 3 aromatic rings. The summed E-state index contributed by atoms with van der Waals surface area (Å²) in [7, 11) is 1.65. The predicted molar refractivity (Wildman–Crippen MR) is 145 cm³/mol. The lowest BCUT2D eigenvalue weighted by Crippen LogP contribution is -2.57. The third-order valence-corrected chi connectivity index (χ3v) is 6.32. The quantitative estimate of drug-likeness (QED) is 0.214. The molecule has 0 radical (unpaired) electrons. The van der Waals surface area contributed by atoms with Gasteiger partial charge in [-0.25, -0.2) is 4.79 Å². The molecule has 6 heteroatoms. The van der Waals surface area contributed by atoms with Crippen molar-refractivity contribution in [1.82, 2.24) is 10.2 Å². The minimum Gasteiger partial charge on any atom is -0.497 e. The summed E-state index contributed by atoms with van der Waals surface area (Å²) in [6.07, 6.45) is 0.878. The minimum absolute atomic E-state index is 0.280. The zero-order chi connectivity index (χ0) is 26.3. The molecule has 190 valence electrons. The Balaban J connectivity index is 2.20. The molecule has 0 fully saturated rings. The molecule has 0 saturated heterocycles. The predicted octanol–water partition coefficient (Wildman–Crippen LogP) is 6.20. The van der Waals surface area contributed by atoms with Gasteiger partial charge in [0.1, 0.15) is 16.9 Å². The highest BCUT2D eigenvalue weighted by molar-refractivity contribution is 5.68. The molecule has 36 heavy (non-hydrogen) atoms. The van der Waals surface area contributed by atoms with Gasteiger partial charge >= 0.3 is 6.09 Å². The number of ether oxygens (including phenoxy) is 2. The van der Waals surface area contributed by atoms with Crippen LogP contribution in [0.4, 0.5) is 4.79 Å². The number of amides is 1. The SMILES string of the molecule is COc1ccc(C(c2ccccc2)(c2ccccc2)N(C=N)[C@@H](C)C(C)NC(=O)OC(C)(C)C)cc1. The summed E-state index contributed by atoms with van der Waals surface area (Å²) < 4.78 is 10.9. The highest BCUT2D eigenvalue weighted by atomic mass is 16.6. The fourth-order valence-electron chi connectivity index (χ4n) is 4.51. The molecule has 0 heterocycles. The summed E-state index contributed by atoms with van der Waals surface area (Å²) >= 11 is 0. The number of carbonyl (C=O) groups excluding carboxylic acids is 1. The maximum atomic E-state index is 12.6. The number of benzene rings is 3. The van der Waals surface area contributed by atoms with E-state index in [0.717, 1.165) is 22.4 Å². The molecule has 1 amide bonds. The van der Waals surface area contributed by atoms with Crippen LogP contribution in [-0.4, -0.2) is 42.1 Å². The average molecular weight is 488 g/mol. The standard InChI is InChI=1S/C30H37N3O3/c1-22(32-28(34)36-29(3,4)5)23(2)33(21-31)30(24-13-9-7-10-14-24,25-15-11-8-12-16-25)26-17-19-27(35-6)20-18-26/h7-23,31H,1-6H3,(H,32,34)/t22?,23-/m0/s1. The molecule has 1 unspecified atom stereocenters. The normalized spacial score (nSPS) is 13.3. The van der Waals surface area contributed by atoms with E-state index >= 15 is 0 Å². The summed E-state index contributed by atoms with van der Waals surface area (Å²) in [6, 6.07) is 27.6. The van der Waals surface area contributed by atoms with Gasteiger partial charge in [-0.15, -0.1) is 0 Å². The maximum Gasteiger partial charge on any atom is 0.407 e. The molecular weight excluding hydrogens is 450 g/mol. The smallest absolute Gasteiger partial charge is 0.407 e. The number of nitrogens with one attached hydrogen (secondary N) is 2. The van der Waals surface area contributed by atoms with Crippen molar-refractivity contribution in [1.29, 1.82) is 5.41 Å². The molecule has 0 bridgehead atoms. The highest BCUT2D eigenvalue weighted by Gasteiger charge is 2.44. The Kier molecular flexibility index (Phi) is 8.41. The number of hydrogen-bond donors (Lipinski definition) is 2. The van der Waals surface area contributed by atoms with Gasteiger partial charge in [0, 0.05) is 12.1 Å². The van der Waals surface area contributed by atoms with Gasteiger partial charge < -0.3 is 19.7 Å². The van der Waals surface area contributed by atoms with Crippen molar-refractivity contribution in [3.05, 3.63) is 102 Å². The summed E-state index contributed by atoms with van der Waals surface area (Å²) in [6.45, 7) is 9.45. The van der Waals surface area contributed by atoms with Gasteiger partial charge in [-0.1, -0.05) is 72.8 Å². The van der Waals surface area contributed by atoms with Crippen LogP contribution in [0, 0.1) is 5.41 Å². The van der Waals surface area contributed by atoms with E-state index in [1.807, 2.05) is 100 Å². The number of nitrogens with zero attached hydrogens (tertiary/aromatic N) is 1. The lowest BCUT2D eigenvalue weighted by molar-refractivity contribution is 0.0476. The van der Waals surface area contributed by atoms with Crippen LogP contribution in [0.15, 0.2) is 84.9 Å². The number of methoxy groups -OCH3 is 1. The van der Waals surface area contributed by atoms with Crippen LogP contribution >= 0.6 is 0 Å². The van der Waals surface area contributed by atoms with Gasteiger partial charge in [0.05, 0.1) is 13.4 Å². The van der Waals surface area contributed by atoms with Crippen LogP contribution in [0.5, 0.6) is 5.75 Å². The lowest BCUT2D eigenvalue weighted by atomic mass is 9.74. The summed E-state index contributed by atoms with van der Waals surface area (Å²) in [4.78, 5) is 14.6. The van der Waals surface area contributed by atoms with Crippen molar-refractivity contribution < 1.29 is 14.3 Å². The second kappa shape index (κ2) is 11.3. The lowest BCUT2D eigenvalue weighted by Gasteiger charge is -2.48. The minimum atomic E-state index is -0.847. The molecule has 2 N–H and O–H groups in total. The highest BCUT2D eigenvalue weighted by Crippen LogP contribution is 2.43. The van der Waals surface area contributed by atoms with E-state index in [1.54, 1.807) is 7.11 Å². The summed E-state index contributed by atoms with van der Waals surface area (Å²) in [5, 5.41) is 11.6. The zero-order valence-corrected chi connectivity index (χ0v) is 22.0. The molecule has 2 atom stereocenters. The second-order valence-corrected chi connectivity index (χ2v) is 9.88. The Morgan fingerprint density at radius 2 is 1.33 bits per heavy atom. The molecule has 0 aromatic heterocycles. The monoisotopic (exact) mass is 487 g/mol. The van der Waals surface area contributed by atoms with E-state index in [-0.39, 0.29) is 12.1 Å². The fraction of sp³-hybridized carbons (Fsp3) is 0.333. The molecule has 3 aromatic carbocycles. The Hall–Kier alpha value is -3.80. The first-order valence-corrected chi connectivity index (χ1v) is 12.2. The molecule has 0 saturated carbocycles. The number of hydrogen-bond acceptors (Lipinski definition) is 4. The molecule has 0 aliphatic rings. The zero-order valence-electron chi connectivity index (χ0n) is 22.0. The third kappa shape index (κ3) is 5.70. The Bertz CT molecular complexity index is 1090. The van der Waals surface area contributed by atoms with Gasteiger partial charge in [-0.2, -0.15) is 0 Å². The molecular formula is C30H37N3O3. The summed E-state index contributed by atoms with van der Waals surface area (Å²) in [5.74, 6) is 0.753. The van der Waals surface area contributed by atoms with Crippen molar-refractivity contribution in [2.45, 2.75) is 57.8 Å². The third-order valence-electron chi connectivity index (χ3n) is 6.32. The van der Waals surface area contributed by atoms with Crippen LogP contribution in [0.25, 0.3) is 0 Å². The van der Waals surface area contributed by atoms with Crippen LogP contribution in [0.2, 0.25) is 0 Å². The Labute approximate surface area is 214 Å². The van der Waals surface area contributed by atoms with E-state index in [1.165, 1.54) is 6.34 Å². The molecule has 3 rings (SSSR count). The second-order valence-electron chi connectivity index (χ2n) is 9.88. The van der Waals surface area contributed by atoms with Gasteiger partial charge in [-0.3, -0.25) is 5.41 Å². The summed E-state index contributed by atoms with van der Waals surface area (Å²) in [5.41, 5.74) is 1.53. The van der Waals surface area contributed by atoms with Crippen molar-refractivity contribution >= 4 is 12.4 Å². The van der Waals surface area contributed by atoms with E-state index in [2.05, 4.69) is 29.6 Å². The van der Waals surface area contributed by atoms with Crippen molar-refractivity contribution in [2.75, 3.05) is 7.11 Å². The largest absolute Gasteiger partial charge is 0.497 e. The Morgan fingerprint density at radius 3 is 1.75 bits per heavy atom. The first-order valence-electron chi connectivity index (χ1n) is 12.2. The first-order chi connectivity index (χ1) is 17.1. The molecule has 0 aliphatic heterocycles. The average Bonchev–Trinajstić information content (AvgIpc) is 2.87. The van der Waals surface area contributed by atoms with Gasteiger partial charge in [-0.05, 0) is 63.4 Å². The van der Waals surface area contributed by atoms with E-state index in [9.17, 15) is 4.79 Å². The topological polar surface area (TPSA) is 74.7 Å². The number of carbonyl (C=O) groups is 1. The first kappa shape index (κ1) is 26.8. The van der Waals surface area contributed by atoms with Crippen LogP contribution in [0.3, 0.4) is 0 Å². The van der Waals surface area contributed by atoms with Gasteiger partial charge in [0.2, 0.25) is 0 Å². The van der Waals surface area contributed by atoms with Crippen molar-refractivity contribution in [2.24, 2.45) is 0 Å². The van der Waals surface area contributed by atoms with Crippen LogP contribution in [-0.2, 0) is 10.3 Å². The Morgan fingerprint density at radius 1 is 0.861 bits per heavy atom. The number of rotatable bonds is 9. The number of alkyl carbamates (subject to hydrolysis) is 1. The van der Waals surface area contributed by atoms with Crippen molar-refractivity contribution in [3.8, 4) is 5.75 Å². The van der Waals surface area contributed by atoms with Crippen LogP contribution < -0.4 is 10.1 Å². The molecule has 6 nitrogen and oxygen atoms in total. The van der Waals surface area contributed by atoms with Crippen LogP contribution in [0.1, 0.15) is 51.3 Å². The fourth-order valence-corrected chi connectivity index (χ4v) is 4.51.